The second-order valence-corrected chi connectivity index (χ2v) is 7.30. The zero-order valence-corrected chi connectivity index (χ0v) is 15.5. The van der Waals surface area contributed by atoms with Gasteiger partial charge in [-0.2, -0.15) is 4.99 Å². The van der Waals surface area contributed by atoms with Gasteiger partial charge >= 0.3 is 0 Å². The van der Waals surface area contributed by atoms with E-state index in [-0.39, 0.29) is 11.7 Å². The van der Waals surface area contributed by atoms with E-state index in [2.05, 4.69) is 15.2 Å². The molecule has 0 spiro atoms. The molecule has 1 aliphatic rings. The number of carbonyl (C=O) groups excluding carboxylic acids is 1. The fourth-order valence-electron chi connectivity index (χ4n) is 2.11. The number of amidine groups is 1. The molecule has 0 saturated carbocycles. The summed E-state index contributed by atoms with van der Waals surface area (Å²) in [5, 5.41) is 19.5. The Morgan fingerprint density at radius 2 is 2.20 bits per heavy atom. The molecule has 3 rings (SSSR count). The van der Waals surface area contributed by atoms with Crippen LogP contribution in [-0.4, -0.2) is 44.9 Å². The summed E-state index contributed by atoms with van der Waals surface area (Å²) in [5.74, 6) is 0.315. The Labute approximate surface area is 153 Å². The van der Waals surface area contributed by atoms with E-state index in [4.69, 9.17) is 4.74 Å². The van der Waals surface area contributed by atoms with Crippen LogP contribution in [0.15, 0.2) is 28.1 Å². The highest BCUT2D eigenvalue weighted by Crippen LogP contribution is 2.35. The number of ether oxygens (including phenoxy) is 1. The molecule has 1 N–H and O–H groups in total. The number of nitrogens with zero attached hydrogens (tertiary/aromatic N) is 4. The molecule has 1 aliphatic heterocycles. The number of benzene rings is 1. The predicted molar refractivity (Wildman–Crippen MR) is 99.4 cm³/mol. The van der Waals surface area contributed by atoms with Crippen molar-refractivity contribution in [2.24, 2.45) is 4.99 Å². The predicted octanol–water partition coefficient (Wildman–Crippen LogP) is 3.18. The standard InChI is InChI=1S/C16H16N4O3S2/c1-4-23-12-7-10(5-6-11(12)21)8-13-14(22)20(3)16(25-13)17-15-19-18-9(2)24-15/h5-8,21H,4H2,1-3H3/b13-8-,17-16+. The summed E-state index contributed by atoms with van der Waals surface area (Å²) in [5.41, 5.74) is 0.763. The Morgan fingerprint density at radius 1 is 1.40 bits per heavy atom. The number of phenolic OH excluding ortho intramolecular Hbond substituents is 1. The van der Waals surface area contributed by atoms with Gasteiger partial charge < -0.3 is 9.84 Å². The molecule has 2 heterocycles. The van der Waals surface area contributed by atoms with Crippen molar-refractivity contribution >= 4 is 45.4 Å². The lowest BCUT2D eigenvalue weighted by Crippen LogP contribution is -2.23. The van der Waals surface area contributed by atoms with Gasteiger partial charge in [0.05, 0.1) is 11.5 Å². The lowest BCUT2D eigenvalue weighted by molar-refractivity contribution is -0.121. The minimum Gasteiger partial charge on any atom is -0.504 e. The van der Waals surface area contributed by atoms with Crippen LogP contribution in [0.3, 0.4) is 0 Å². The highest BCUT2D eigenvalue weighted by Gasteiger charge is 2.30. The molecule has 1 saturated heterocycles. The number of aromatic hydroxyl groups is 1. The van der Waals surface area contributed by atoms with Gasteiger partial charge in [0.2, 0.25) is 5.13 Å². The summed E-state index contributed by atoms with van der Waals surface area (Å²) in [6.07, 6.45) is 1.75. The van der Waals surface area contributed by atoms with Crippen molar-refractivity contribution in [3.8, 4) is 11.5 Å². The first-order valence-corrected chi connectivity index (χ1v) is 9.13. The van der Waals surface area contributed by atoms with Gasteiger partial charge in [0.15, 0.2) is 16.7 Å². The number of likely N-dealkylation sites (N-methyl/N-ethyl adjacent to an activating group) is 1. The number of aryl methyl sites for hydroxylation is 1. The highest BCUT2D eigenvalue weighted by atomic mass is 32.2. The molecule has 0 atom stereocenters. The van der Waals surface area contributed by atoms with Crippen LogP contribution < -0.4 is 4.74 Å². The van der Waals surface area contributed by atoms with Crippen molar-refractivity contribution in [2.45, 2.75) is 13.8 Å². The number of carbonyl (C=O) groups is 1. The van der Waals surface area contributed by atoms with Gasteiger partial charge in [0.1, 0.15) is 5.01 Å². The van der Waals surface area contributed by atoms with E-state index in [1.165, 1.54) is 28.0 Å². The van der Waals surface area contributed by atoms with Gasteiger partial charge in [-0.1, -0.05) is 17.4 Å². The van der Waals surface area contributed by atoms with Crippen molar-refractivity contribution < 1.29 is 14.6 Å². The number of amides is 1. The third-order valence-corrected chi connectivity index (χ3v) is 5.08. The fourth-order valence-corrected chi connectivity index (χ4v) is 3.69. The SMILES string of the molecule is CCOc1cc(/C=C2\S/C(=N/c3nnc(C)s3)N(C)C2=O)ccc1O. The number of phenols is 1. The van der Waals surface area contributed by atoms with Gasteiger partial charge in [-0.3, -0.25) is 9.69 Å². The van der Waals surface area contributed by atoms with E-state index in [9.17, 15) is 9.90 Å². The van der Waals surface area contributed by atoms with Gasteiger partial charge in [0, 0.05) is 7.05 Å². The molecule has 130 valence electrons. The molecule has 1 aromatic heterocycles. The highest BCUT2D eigenvalue weighted by molar-refractivity contribution is 8.18. The number of aromatic nitrogens is 2. The molecule has 9 heteroatoms. The topological polar surface area (TPSA) is 87.9 Å². The molecule has 0 bridgehead atoms. The van der Waals surface area contributed by atoms with Crippen LogP contribution in [0.5, 0.6) is 11.5 Å². The van der Waals surface area contributed by atoms with Crippen molar-refractivity contribution in [3.63, 3.8) is 0 Å². The van der Waals surface area contributed by atoms with Crippen molar-refractivity contribution in [1.82, 2.24) is 15.1 Å². The van der Waals surface area contributed by atoms with Crippen molar-refractivity contribution in [2.75, 3.05) is 13.7 Å². The number of rotatable bonds is 4. The summed E-state index contributed by atoms with van der Waals surface area (Å²) in [4.78, 5) is 18.8. The van der Waals surface area contributed by atoms with Gasteiger partial charge in [-0.15, -0.1) is 10.2 Å². The zero-order valence-electron chi connectivity index (χ0n) is 13.9. The summed E-state index contributed by atoms with van der Waals surface area (Å²) in [6.45, 7) is 4.14. The van der Waals surface area contributed by atoms with E-state index in [0.29, 0.717) is 27.6 Å². The largest absolute Gasteiger partial charge is 0.504 e. The molecule has 2 aromatic rings. The molecule has 0 aliphatic carbocycles. The van der Waals surface area contributed by atoms with E-state index in [1.54, 1.807) is 31.3 Å². The van der Waals surface area contributed by atoms with Gasteiger partial charge in [-0.05, 0) is 49.4 Å². The van der Waals surface area contributed by atoms with Crippen LogP contribution in [0.1, 0.15) is 17.5 Å². The second-order valence-electron chi connectivity index (χ2n) is 5.13. The summed E-state index contributed by atoms with van der Waals surface area (Å²) in [6, 6.07) is 4.97. The number of thioether (sulfide) groups is 1. The lowest BCUT2D eigenvalue weighted by Gasteiger charge is -2.07. The van der Waals surface area contributed by atoms with Crippen LogP contribution in [0.25, 0.3) is 6.08 Å². The maximum atomic E-state index is 12.4. The quantitative estimate of drug-likeness (QED) is 0.825. The molecule has 1 fully saturated rings. The fraction of sp³-hybridized carbons (Fsp3) is 0.250. The average molecular weight is 376 g/mol. The molecular formula is C16H16N4O3S2. The Bertz CT molecular complexity index is 876. The minimum atomic E-state index is -0.143. The summed E-state index contributed by atoms with van der Waals surface area (Å²) >= 11 is 2.64. The van der Waals surface area contributed by atoms with Crippen LogP contribution in [0.2, 0.25) is 0 Å². The summed E-state index contributed by atoms with van der Waals surface area (Å²) in [7, 11) is 1.67. The van der Waals surface area contributed by atoms with E-state index < -0.39 is 0 Å². The molecule has 7 nitrogen and oxygen atoms in total. The smallest absolute Gasteiger partial charge is 0.266 e. The van der Waals surface area contributed by atoms with Gasteiger partial charge in [0.25, 0.3) is 5.91 Å². The van der Waals surface area contributed by atoms with Crippen LogP contribution in [-0.2, 0) is 4.79 Å². The van der Waals surface area contributed by atoms with E-state index in [0.717, 1.165) is 10.6 Å². The molecule has 0 unspecified atom stereocenters. The van der Waals surface area contributed by atoms with Gasteiger partial charge in [-0.25, -0.2) is 0 Å². The number of aliphatic imine (C=N–C) groups is 1. The normalized spacial score (nSPS) is 17.7. The third-order valence-electron chi connectivity index (χ3n) is 3.29. The first kappa shape index (κ1) is 17.4. The monoisotopic (exact) mass is 376 g/mol. The minimum absolute atomic E-state index is 0.0698. The van der Waals surface area contributed by atoms with E-state index in [1.807, 2.05) is 13.8 Å². The van der Waals surface area contributed by atoms with Crippen molar-refractivity contribution in [1.29, 1.82) is 0 Å². The zero-order chi connectivity index (χ0) is 18.0. The maximum Gasteiger partial charge on any atom is 0.266 e. The molecule has 1 aromatic carbocycles. The van der Waals surface area contributed by atoms with Crippen molar-refractivity contribution in [3.05, 3.63) is 33.7 Å². The molecule has 0 radical (unpaired) electrons. The Hall–Kier alpha value is -2.39. The Kier molecular flexibility index (Phi) is 5.05. The Balaban J connectivity index is 1.88. The maximum absolute atomic E-state index is 12.4. The van der Waals surface area contributed by atoms with Crippen LogP contribution in [0, 0.1) is 6.92 Å². The second kappa shape index (κ2) is 7.24. The number of hydrogen-bond acceptors (Lipinski definition) is 8. The van der Waals surface area contributed by atoms with Crippen LogP contribution in [0.4, 0.5) is 5.13 Å². The molecule has 1 amide bonds. The lowest BCUT2D eigenvalue weighted by atomic mass is 10.2. The first-order valence-electron chi connectivity index (χ1n) is 7.50. The summed E-state index contributed by atoms with van der Waals surface area (Å²) < 4.78 is 5.37. The third kappa shape index (κ3) is 3.83. The van der Waals surface area contributed by atoms with Crippen LogP contribution >= 0.6 is 23.1 Å². The Morgan fingerprint density at radius 3 is 2.88 bits per heavy atom. The van der Waals surface area contributed by atoms with E-state index >= 15 is 0 Å². The number of hydrogen-bond donors (Lipinski definition) is 1. The molecular weight excluding hydrogens is 360 g/mol. The molecule has 25 heavy (non-hydrogen) atoms. The average Bonchev–Trinajstić information content (AvgIpc) is 3.10. The first-order chi connectivity index (χ1) is 12.0.